The second-order valence-electron chi connectivity index (χ2n) is 6.56. The van der Waals surface area contributed by atoms with Gasteiger partial charge in [0, 0.05) is 19.3 Å². The first kappa shape index (κ1) is 17.5. The van der Waals surface area contributed by atoms with E-state index < -0.39 is 23.4 Å². The molecule has 132 valence electrons. The Morgan fingerprint density at radius 3 is 2.64 bits per heavy atom. The molecule has 1 aromatic carbocycles. The van der Waals surface area contributed by atoms with Gasteiger partial charge < -0.3 is 10.0 Å². The van der Waals surface area contributed by atoms with Crippen molar-refractivity contribution in [2.24, 2.45) is 0 Å². The van der Waals surface area contributed by atoms with Crippen LogP contribution in [0.25, 0.3) is 0 Å². The van der Waals surface area contributed by atoms with Crippen LogP contribution in [-0.4, -0.2) is 59.1 Å². The number of hydrogen-bond donors (Lipinski definition) is 1. The number of benzene rings is 1. The number of nitrogens with zero attached hydrogens (tertiary/aromatic N) is 3. The number of rotatable bonds is 3. The molecule has 2 aromatic rings. The lowest BCUT2D eigenvalue weighted by Crippen LogP contribution is -2.60. The quantitative estimate of drug-likeness (QED) is 0.925. The summed E-state index contributed by atoms with van der Waals surface area (Å²) in [6.07, 6.45) is 2.20. The Labute approximate surface area is 146 Å². The number of likely N-dealkylation sites (tertiary alicyclic amines) is 1. The fourth-order valence-corrected chi connectivity index (χ4v) is 3.67. The summed E-state index contributed by atoms with van der Waals surface area (Å²) in [5.74, 6) is -1.06. The molecule has 0 radical (unpaired) electrons. The molecule has 25 heavy (non-hydrogen) atoms. The molecule has 6 heteroatoms. The number of piperidine rings is 1. The standard InChI is InChI=1S/C19H22FN3O2/c1-22(2)19(14-6-4-3-5-7-14)9-11-23(13-17(19)24)18(25)15-8-10-21-12-16(15)20/h3-8,10,12,17,24H,9,11,13H2,1-2H3/t17-,19+/m1/s1. The third kappa shape index (κ3) is 3.03. The van der Waals surface area contributed by atoms with Crippen LogP contribution >= 0.6 is 0 Å². The van der Waals surface area contributed by atoms with E-state index in [-0.39, 0.29) is 12.1 Å². The maximum Gasteiger partial charge on any atom is 0.257 e. The largest absolute Gasteiger partial charge is 0.389 e. The number of aliphatic hydroxyl groups is 1. The van der Waals surface area contributed by atoms with Gasteiger partial charge in [0.1, 0.15) is 0 Å². The summed E-state index contributed by atoms with van der Waals surface area (Å²) in [4.78, 5) is 19.8. The summed E-state index contributed by atoms with van der Waals surface area (Å²) in [5.41, 5.74) is 0.420. The number of likely N-dealkylation sites (N-methyl/N-ethyl adjacent to an activating group) is 1. The zero-order chi connectivity index (χ0) is 18.0. The molecule has 1 aliphatic rings. The molecular weight excluding hydrogens is 321 g/mol. The van der Waals surface area contributed by atoms with Gasteiger partial charge >= 0.3 is 0 Å². The van der Waals surface area contributed by atoms with Crippen molar-refractivity contribution < 1.29 is 14.3 Å². The highest BCUT2D eigenvalue weighted by molar-refractivity contribution is 5.94. The summed E-state index contributed by atoms with van der Waals surface area (Å²) < 4.78 is 13.9. The second-order valence-corrected chi connectivity index (χ2v) is 6.56. The molecule has 2 atom stereocenters. The number of pyridine rings is 1. The van der Waals surface area contributed by atoms with Crippen LogP contribution in [0, 0.1) is 5.82 Å². The number of halogens is 1. The van der Waals surface area contributed by atoms with Crippen LogP contribution in [0.1, 0.15) is 22.3 Å². The van der Waals surface area contributed by atoms with Gasteiger partial charge in [-0.05, 0) is 32.1 Å². The highest BCUT2D eigenvalue weighted by Gasteiger charge is 2.46. The van der Waals surface area contributed by atoms with E-state index in [9.17, 15) is 14.3 Å². The molecule has 1 amide bonds. The number of hydrogen-bond acceptors (Lipinski definition) is 4. The van der Waals surface area contributed by atoms with Gasteiger partial charge in [-0.15, -0.1) is 0 Å². The minimum atomic E-state index is -0.785. The van der Waals surface area contributed by atoms with Crippen molar-refractivity contribution in [1.82, 2.24) is 14.8 Å². The van der Waals surface area contributed by atoms with Crippen molar-refractivity contribution in [1.29, 1.82) is 0 Å². The third-order valence-corrected chi connectivity index (χ3v) is 5.07. The smallest absolute Gasteiger partial charge is 0.257 e. The van der Waals surface area contributed by atoms with Crippen molar-refractivity contribution in [3.05, 3.63) is 65.7 Å². The molecule has 1 aromatic heterocycles. The average Bonchev–Trinajstić information content (AvgIpc) is 2.62. The summed E-state index contributed by atoms with van der Waals surface area (Å²) >= 11 is 0. The Balaban J connectivity index is 1.87. The summed E-state index contributed by atoms with van der Waals surface area (Å²) in [6.45, 7) is 0.582. The van der Waals surface area contributed by atoms with Gasteiger partial charge in [0.05, 0.1) is 23.4 Å². The van der Waals surface area contributed by atoms with E-state index in [0.717, 1.165) is 11.8 Å². The van der Waals surface area contributed by atoms with Crippen molar-refractivity contribution in [2.45, 2.75) is 18.1 Å². The Kier molecular flexibility index (Phi) is 4.83. The van der Waals surface area contributed by atoms with Crippen LogP contribution in [0.2, 0.25) is 0 Å². The van der Waals surface area contributed by atoms with Crippen LogP contribution in [-0.2, 0) is 5.54 Å². The van der Waals surface area contributed by atoms with E-state index in [1.807, 2.05) is 49.3 Å². The molecule has 0 aliphatic carbocycles. The van der Waals surface area contributed by atoms with Crippen LogP contribution in [0.3, 0.4) is 0 Å². The molecular formula is C19H22FN3O2. The minimum absolute atomic E-state index is 0.0146. The van der Waals surface area contributed by atoms with Gasteiger partial charge in [0.15, 0.2) is 5.82 Å². The average molecular weight is 343 g/mol. The Bertz CT molecular complexity index is 753. The number of β-amino-alcohol motifs (C(OH)–C–C–N with tert-alkyl or cyclic N) is 1. The number of aromatic nitrogens is 1. The fraction of sp³-hybridized carbons (Fsp3) is 0.368. The van der Waals surface area contributed by atoms with E-state index in [4.69, 9.17) is 0 Å². The van der Waals surface area contributed by atoms with E-state index in [0.29, 0.717) is 13.0 Å². The normalized spacial score (nSPS) is 23.7. The minimum Gasteiger partial charge on any atom is -0.389 e. The molecule has 0 saturated carbocycles. The summed E-state index contributed by atoms with van der Waals surface area (Å²) in [6, 6.07) is 11.2. The number of carbonyl (C=O) groups is 1. The monoisotopic (exact) mass is 343 g/mol. The van der Waals surface area contributed by atoms with E-state index in [2.05, 4.69) is 4.98 Å². The maximum absolute atomic E-state index is 13.9. The van der Waals surface area contributed by atoms with Gasteiger partial charge in [0.25, 0.3) is 5.91 Å². The van der Waals surface area contributed by atoms with Crippen molar-refractivity contribution >= 4 is 5.91 Å². The van der Waals surface area contributed by atoms with Crippen LogP contribution < -0.4 is 0 Å². The highest BCUT2D eigenvalue weighted by Crippen LogP contribution is 2.38. The first-order valence-corrected chi connectivity index (χ1v) is 8.26. The van der Waals surface area contributed by atoms with Crippen molar-refractivity contribution in [2.75, 3.05) is 27.2 Å². The first-order chi connectivity index (χ1) is 12.0. The fourth-order valence-electron chi connectivity index (χ4n) is 3.67. The van der Waals surface area contributed by atoms with E-state index in [1.54, 1.807) is 0 Å². The van der Waals surface area contributed by atoms with Gasteiger partial charge in [-0.2, -0.15) is 0 Å². The molecule has 0 bridgehead atoms. The Hall–Kier alpha value is -2.31. The summed E-state index contributed by atoms with van der Waals surface area (Å²) in [5, 5.41) is 10.9. The summed E-state index contributed by atoms with van der Waals surface area (Å²) in [7, 11) is 3.85. The third-order valence-electron chi connectivity index (χ3n) is 5.07. The van der Waals surface area contributed by atoms with Crippen molar-refractivity contribution in [3.63, 3.8) is 0 Å². The second kappa shape index (κ2) is 6.90. The van der Waals surface area contributed by atoms with E-state index >= 15 is 0 Å². The van der Waals surface area contributed by atoms with Gasteiger partial charge in [-0.3, -0.25) is 14.7 Å². The lowest BCUT2D eigenvalue weighted by molar-refractivity contribution is -0.0613. The molecule has 2 heterocycles. The highest BCUT2D eigenvalue weighted by atomic mass is 19.1. The molecule has 0 unspecified atom stereocenters. The van der Waals surface area contributed by atoms with Crippen LogP contribution in [0.15, 0.2) is 48.8 Å². The number of amides is 1. The lowest BCUT2D eigenvalue weighted by atomic mass is 9.77. The van der Waals surface area contributed by atoms with Crippen LogP contribution in [0.5, 0.6) is 0 Å². The predicted octanol–water partition coefficient (Wildman–Crippen LogP) is 1.88. The van der Waals surface area contributed by atoms with Gasteiger partial charge in [-0.1, -0.05) is 30.3 Å². The first-order valence-electron chi connectivity index (χ1n) is 8.26. The Morgan fingerprint density at radius 1 is 1.32 bits per heavy atom. The SMILES string of the molecule is CN(C)[C@]1(c2ccccc2)CCN(C(=O)c2ccncc2F)C[C@H]1O. The number of carbonyl (C=O) groups excluding carboxylic acids is 1. The molecule has 3 rings (SSSR count). The number of aliphatic hydroxyl groups excluding tert-OH is 1. The van der Waals surface area contributed by atoms with Gasteiger partial charge in [-0.25, -0.2) is 4.39 Å². The molecule has 0 spiro atoms. The zero-order valence-electron chi connectivity index (χ0n) is 14.4. The Morgan fingerprint density at radius 2 is 2.04 bits per heavy atom. The lowest BCUT2D eigenvalue weighted by Gasteiger charge is -2.49. The molecule has 1 fully saturated rings. The molecule has 1 aliphatic heterocycles. The zero-order valence-corrected chi connectivity index (χ0v) is 14.4. The topological polar surface area (TPSA) is 56.7 Å². The van der Waals surface area contributed by atoms with Crippen molar-refractivity contribution in [3.8, 4) is 0 Å². The molecule has 5 nitrogen and oxygen atoms in total. The predicted molar refractivity (Wildman–Crippen MR) is 92.5 cm³/mol. The maximum atomic E-state index is 13.9. The molecule has 1 N–H and O–H groups in total. The molecule has 1 saturated heterocycles. The van der Waals surface area contributed by atoms with Crippen LogP contribution in [0.4, 0.5) is 4.39 Å². The van der Waals surface area contributed by atoms with E-state index in [1.165, 1.54) is 17.2 Å². The van der Waals surface area contributed by atoms with Gasteiger partial charge in [0.2, 0.25) is 0 Å².